The molecule has 0 atom stereocenters. The second-order valence-electron chi connectivity index (χ2n) is 3.04. The fourth-order valence-electron chi connectivity index (χ4n) is 0.445. The van der Waals surface area contributed by atoms with Gasteiger partial charge in [-0.25, -0.2) is 0 Å². The quantitative estimate of drug-likeness (QED) is 0.626. The lowest BCUT2D eigenvalue weighted by molar-refractivity contribution is 0.161. The Hall–Kier alpha value is 0.440. The lowest BCUT2D eigenvalue weighted by Gasteiger charge is -2.20. The number of hydrogen-bond acceptors (Lipinski definition) is 1. The van der Waals surface area contributed by atoms with Crippen molar-refractivity contribution in [2.45, 2.75) is 20.3 Å². The van der Waals surface area contributed by atoms with E-state index in [9.17, 15) is 0 Å². The number of rotatable bonds is 4. The van der Waals surface area contributed by atoms with Crippen molar-refractivity contribution < 1.29 is 4.74 Å². The molecule has 0 unspecified atom stereocenters. The molecule has 0 bridgehead atoms. The van der Waals surface area contributed by atoms with Gasteiger partial charge in [-0.3, -0.25) is 0 Å². The summed E-state index contributed by atoms with van der Waals surface area (Å²) in [5.41, 5.74) is 0.385. The molecule has 0 aromatic rings. The van der Waals surface area contributed by atoms with E-state index in [1.54, 1.807) is 7.11 Å². The molecule has 0 rings (SSSR count). The molecule has 1 nitrogen and oxygen atoms in total. The average molecular weight is 195 g/mol. The fourth-order valence-corrected chi connectivity index (χ4v) is 0.726. The van der Waals surface area contributed by atoms with Crippen LogP contribution in [0.5, 0.6) is 0 Å². The Bertz CT molecular complexity index is 71.3. The van der Waals surface area contributed by atoms with Gasteiger partial charge >= 0.3 is 0 Å². The molecule has 56 valence electrons. The van der Waals surface area contributed by atoms with E-state index < -0.39 is 0 Å². The van der Waals surface area contributed by atoms with Gasteiger partial charge in [0, 0.05) is 19.0 Å². The first kappa shape index (κ1) is 9.44. The van der Waals surface area contributed by atoms with Crippen LogP contribution in [-0.2, 0) is 4.74 Å². The highest BCUT2D eigenvalue weighted by atomic mass is 79.9. The molecule has 0 spiro atoms. The van der Waals surface area contributed by atoms with Crippen molar-refractivity contribution in [1.82, 2.24) is 0 Å². The Kier molecular flexibility index (Phi) is 4.50. The van der Waals surface area contributed by atoms with E-state index in [4.69, 9.17) is 4.74 Å². The van der Waals surface area contributed by atoms with Crippen molar-refractivity contribution in [3.05, 3.63) is 0 Å². The Balaban J connectivity index is 3.33. The fraction of sp³-hybridized carbons (Fsp3) is 1.00. The highest BCUT2D eigenvalue weighted by Gasteiger charge is 2.14. The van der Waals surface area contributed by atoms with Crippen molar-refractivity contribution in [2.75, 3.05) is 19.0 Å². The van der Waals surface area contributed by atoms with Crippen LogP contribution in [0.3, 0.4) is 0 Å². The van der Waals surface area contributed by atoms with E-state index in [1.165, 1.54) is 0 Å². The summed E-state index contributed by atoms with van der Waals surface area (Å²) >= 11 is 3.45. The van der Waals surface area contributed by atoms with Gasteiger partial charge in [0.25, 0.3) is 0 Å². The van der Waals surface area contributed by atoms with Gasteiger partial charge in [0.2, 0.25) is 0 Å². The zero-order valence-electron chi connectivity index (χ0n) is 6.41. The number of ether oxygens (including phenoxy) is 1. The van der Waals surface area contributed by atoms with Gasteiger partial charge in [-0.2, -0.15) is 0 Å². The smallest absolute Gasteiger partial charge is 0.0467 e. The van der Waals surface area contributed by atoms with Gasteiger partial charge in [0.15, 0.2) is 0 Å². The summed E-state index contributed by atoms with van der Waals surface area (Å²) in [4.78, 5) is 0. The molecule has 0 aliphatic heterocycles. The maximum Gasteiger partial charge on any atom is 0.0467 e. The third kappa shape index (κ3) is 4.91. The van der Waals surface area contributed by atoms with E-state index in [1.807, 2.05) is 0 Å². The maximum absolute atomic E-state index is 4.96. The molecule has 2 heteroatoms. The summed E-state index contributed by atoms with van der Waals surface area (Å²) in [6.07, 6.45) is 1.12. The van der Waals surface area contributed by atoms with Crippen LogP contribution in [0.1, 0.15) is 20.3 Å². The second-order valence-corrected chi connectivity index (χ2v) is 3.60. The highest BCUT2D eigenvalue weighted by molar-refractivity contribution is 9.09. The summed E-state index contributed by atoms with van der Waals surface area (Å²) in [7, 11) is 1.74. The Morgan fingerprint density at radius 2 is 2.00 bits per heavy atom. The largest absolute Gasteiger partial charge is 0.385 e. The molecule has 0 fully saturated rings. The Morgan fingerprint density at radius 1 is 1.44 bits per heavy atom. The normalized spacial score (nSPS) is 12.0. The molecule has 9 heavy (non-hydrogen) atoms. The van der Waals surface area contributed by atoms with Crippen molar-refractivity contribution in [1.29, 1.82) is 0 Å². The lowest BCUT2D eigenvalue weighted by atomic mass is 9.93. The van der Waals surface area contributed by atoms with E-state index in [0.717, 1.165) is 18.4 Å². The van der Waals surface area contributed by atoms with E-state index >= 15 is 0 Å². The van der Waals surface area contributed by atoms with Crippen LogP contribution in [0.25, 0.3) is 0 Å². The van der Waals surface area contributed by atoms with Gasteiger partial charge in [-0.15, -0.1) is 0 Å². The standard InChI is InChI=1S/C7H15BrO/c1-7(2,6-8)4-5-9-3/h4-6H2,1-3H3. The Labute approximate surface area is 65.9 Å². The van der Waals surface area contributed by atoms with Gasteiger partial charge in [0.05, 0.1) is 0 Å². The number of halogens is 1. The minimum absolute atomic E-state index is 0.385. The van der Waals surface area contributed by atoms with Crippen molar-refractivity contribution in [3.8, 4) is 0 Å². The lowest BCUT2D eigenvalue weighted by Crippen LogP contribution is -2.15. The summed E-state index contributed by atoms with van der Waals surface area (Å²) in [5, 5.41) is 1.04. The van der Waals surface area contributed by atoms with Crippen molar-refractivity contribution in [3.63, 3.8) is 0 Å². The number of alkyl halides is 1. The molecule has 0 aromatic carbocycles. The van der Waals surface area contributed by atoms with Gasteiger partial charge in [-0.05, 0) is 11.8 Å². The zero-order valence-corrected chi connectivity index (χ0v) is 7.99. The Morgan fingerprint density at radius 3 is 2.33 bits per heavy atom. The molecular weight excluding hydrogens is 180 g/mol. The average Bonchev–Trinajstić information content (AvgIpc) is 1.84. The zero-order chi connectivity index (χ0) is 7.33. The highest BCUT2D eigenvalue weighted by Crippen LogP contribution is 2.22. The van der Waals surface area contributed by atoms with Crippen LogP contribution in [0.4, 0.5) is 0 Å². The third-order valence-corrected chi connectivity index (χ3v) is 2.86. The first-order chi connectivity index (χ1) is 4.12. The summed E-state index contributed by atoms with van der Waals surface area (Å²) in [6.45, 7) is 5.31. The van der Waals surface area contributed by atoms with Gasteiger partial charge in [0.1, 0.15) is 0 Å². The predicted octanol–water partition coefficient (Wildman–Crippen LogP) is 2.44. The molecule has 0 aliphatic rings. The van der Waals surface area contributed by atoms with E-state index in [2.05, 4.69) is 29.8 Å². The third-order valence-electron chi connectivity index (χ3n) is 1.34. The molecular formula is C7H15BrO. The molecule has 0 heterocycles. The minimum atomic E-state index is 0.385. The van der Waals surface area contributed by atoms with Crippen LogP contribution in [0, 0.1) is 5.41 Å². The van der Waals surface area contributed by atoms with E-state index in [-0.39, 0.29) is 0 Å². The molecule has 0 saturated carbocycles. The van der Waals surface area contributed by atoms with Crippen LogP contribution >= 0.6 is 15.9 Å². The SMILES string of the molecule is COCCC(C)(C)CBr. The molecule has 0 amide bonds. The van der Waals surface area contributed by atoms with Gasteiger partial charge in [-0.1, -0.05) is 29.8 Å². The molecule has 0 aliphatic carbocycles. The van der Waals surface area contributed by atoms with Crippen molar-refractivity contribution in [2.24, 2.45) is 5.41 Å². The summed E-state index contributed by atoms with van der Waals surface area (Å²) in [6, 6.07) is 0. The summed E-state index contributed by atoms with van der Waals surface area (Å²) < 4.78 is 4.96. The first-order valence-corrected chi connectivity index (χ1v) is 4.29. The molecule has 0 aromatic heterocycles. The number of hydrogen-bond donors (Lipinski definition) is 0. The van der Waals surface area contributed by atoms with E-state index in [0.29, 0.717) is 5.41 Å². The van der Waals surface area contributed by atoms with Crippen LogP contribution in [0.15, 0.2) is 0 Å². The number of methoxy groups -OCH3 is 1. The summed E-state index contributed by atoms with van der Waals surface area (Å²) in [5.74, 6) is 0. The molecule has 0 N–H and O–H groups in total. The minimum Gasteiger partial charge on any atom is -0.385 e. The monoisotopic (exact) mass is 194 g/mol. The molecule has 0 saturated heterocycles. The molecule has 0 radical (unpaired) electrons. The van der Waals surface area contributed by atoms with Crippen LogP contribution < -0.4 is 0 Å². The maximum atomic E-state index is 4.96. The first-order valence-electron chi connectivity index (χ1n) is 3.17. The van der Waals surface area contributed by atoms with Gasteiger partial charge < -0.3 is 4.74 Å². The second kappa shape index (κ2) is 4.29. The van der Waals surface area contributed by atoms with Crippen LogP contribution in [0.2, 0.25) is 0 Å². The predicted molar refractivity (Wildman–Crippen MR) is 44.1 cm³/mol. The van der Waals surface area contributed by atoms with Crippen LogP contribution in [-0.4, -0.2) is 19.0 Å². The van der Waals surface area contributed by atoms with Crippen molar-refractivity contribution >= 4 is 15.9 Å². The topological polar surface area (TPSA) is 9.23 Å².